The van der Waals surface area contributed by atoms with Crippen molar-refractivity contribution >= 4 is 34.6 Å². The maximum absolute atomic E-state index is 13.0. The first kappa shape index (κ1) is 18.4. The summed E-state index contributed by atoms with van der Waals surface area (Å²) in [5.74, 6) is 0. The van der Waals surface area contributed by atoms with Gasteiger partial charge in [0.1, 0.15) is 10.6 Å². The number of benzene rings is 1. The molecule has 0 aliphatic carbocycles. The van der Waals surface area contributed by atoms with E-state index in [2.05, 4.69) is 0 Å². The summed E-state index contributed by atoms with van der Waals surface area (Å²) in [7, 11) is 0. The molecule has 1 heterocycles. The predicted octanol–water partition coefficient (Wildman–Crippen LogP) is 4.86. The minimum absolute atomic E-state index is 0.0104. The molecule has 1 aromatic carbocycles. The third-order valence-electron chi connectivity index (χ3n) is 3.78. The van der Waals surface area contributed by atoms with E-state index in [0.717, 1.165) is 12.1 Å². The molecule has 1 aliphatic rings. The Hall–Kier alpha value is -0.980. The first-order valence-electron chi connectivity index (χ1n) is 6.96. The van der Waals surface area contributed by atoms with Crippen LogP contribution in [0.2, 0.25) is 0 Å². The number of nitrogens with one attached hydrogen (secondary N) is 1. The summed E-state index contributed by atoms with van der Waals surface area (Å²) in [5, 5.41) is 8.10. The summed E-state index contributed by atoms with van der Waals surface area (Å²) in [6.07, 6.45) is -4.89. The lowest BCUT2D eigenvalue weighted by atomic mass is 10.0. The monoisotopic (exact) mass is 368 g/mol. The molecule has 0 bridgehead atoms. The number of nitrogens with zero attached hydrogens (tertiary/aromatic N) is 1. The van der Waals surface area contributed by atoms with Crippen molar-refractivity contribution < 1.29 is 17.9 Å². The van der Waals surface area contributed by atoms with Crippen molar-refractivity contribution in [1.29, 1.82) is 5.41 Å². The van der Waals surface area contributed by atoms with Gasteiger partial charge in [0, 0.05) is 5.69 Å². The van der Waals surface area contributed by atoms with Crippen molar-refractivity contribution in [1.82, 2.24) is 0 Å². The van der Waals surface area contributed by atoms with E-state index in [1.165, 1.54) is 6.07 Å². The third-order valence-corrected chi connectivity index (χ3v) is 4.25. The molecule has 1 aliphatic heterocycles. The zero-order valence-corrected chi connectivity index (χ0v) is 14.3. The number of hydrogen-bond acceptors (Lipinski definition) is 3. The molecule has 23 heavy (non-hydrogen) atoms. The van der Waals surface area contributed by atoms with Crippen LogP contribution in [0.4, 0.5) is 18.9 Å². The quantitative estimate of drug-likeness (QED) is 0.610. The van der Waals surface area contributed by atoms with E-state index < -0.39 is 34.4 Å². The molecule has 0 aromatic heterocycles. The van der Waals surface area contributed by atoms with Gasteiger partial charge >= 0.3 is 6.18 Å². The Labute approximate surface area is 142 Å². The van der Waals surface area contributed by atoms with Gasteiger partial charge in [-0.1, -0.05) is 29.3 Å². The van der Waals surface area contributed by atoms with Crippen LogP contribution in [-0.4, -0.2) is 28.4 Å². The number of rotatable bonds is 3. The lowest BCUT2D eigenvalue weighted by Gasteiger charge is -2.36. The van der Waals surface area contributed by atoms with Gasteiger partial charge in [-0.05, 0) is 39.0 Å². The molecule has 0 amide bonds. The fraction of sp³-hybridized carbons (Fsp3) is 0.533. The van der Waals surface area contributed by atoms with Gasteiger partial charge in [0.2, 0.25) is 0 Å². The summed E-state index contributed by atoms with van der Waals surface area (Å²) in [4.78, 5) is 0.556. The summed E-state index contributed by atoms with van der Waals surface area (Å²) < 4.78 is 44.7. The highest BCUT2D eigenvalue weighted by Crippen LogP contribution is 2.40. The van der Waals surface area contributed by atoms with Gasteiger partial charge in [0.05, 0.1) is 23.4 Å². The predicted molar refractivity (Wildman–Crippen MR) is 85.6 cm³/mol. The Morgan fingerprint density at radius 3 is 2.48 bits per heavy atom. The second kappa shape index (κ2) is 6.15. The topological polar surface area (TPSA) is 36.3 Å². The lowest BCUT2D eigenvalue weighted by Crippen LogP contribution is -2.49. The summed E-state index contributed by atoms with van der Waals surface area (Å²) >= 11 is 11.6. The first-order valence-corrected chi connectivity index (χ1v) is 7.83. The summed E-state index contributed by atoms with van der Waals surface area (Å²) in [6.45, 7) is 5.20. The van der Waals surface area contributed by atoms with Crippen LogP contribution in [0.15, 0.2) is 24.3 Å². The molecule has 0 radical (unpaired) electrons. The number of ether oxygens (including phenoxy) is 1. The van der Waals surface area contributed by atoms with Gasteiger partial charge in [-0.2, -0.15) is 13.2 Å². The fourth-order valence-corrected chi connectivity index (χ4v) is 3.20. The first-order chi connectivity index (χ1) is 10.4. The van der Waals surface area contributed by atoms with Gasteiger partial charge in [-0.15, -0.1) is 0 Å². The van der Waals surface area contributed by atoms with Crippen molar-refractivity contribution in [2.24, 2.45) is 0 Å². The van der Waals surface area contributed by atoms with Gasteiger partial charge in [0.25, 0.3) is 0 Å². The standard InChI is InChI=1S/C15H17Cl2F3N2O/c1-8-12(11(21)13(16)17)22(14(2,3)23-8)10-6-4-5-9(7-10)15(18,19)20/h4-8,12-13,21H,1-3H3. The zero-order chi connectivity index (χ0) is 17.6. The number of halogens is 5. The second-order valence-electron chi connectivity index (χ2n) is 5.89. The number of anilines is 1. The fourth-order valence-electron chi connectivity index (χ4n) is 2.95. The van der Waals surface area contributed by atoms with Crippen molar-refractivity contribution in [2.75, 3.05) is 4.90 Å². The maximum Gasteiger partial charge on any atom is 0.416 e. The molecular weight excluding hydrogens is 352 g/mol. The Balaban J connectivity index is 2.51. The Morgan fingerprint density at radius 1 is 1.35 bits per heavy atom. The van der Waals surface area contributed by atoms with E-state index in [1.807, 2.05) is 0 Å². The minimum Gasteiger partial charge on any atom is -0.351 e. The largest absolute Gasteiger partial charge is 0.416 e. The molecule has 3 nitrogen and oxygen atoms in total. The van der Waals surface area contributed by atoms with Crippen molar-refractivity contribution in [3.05, 3.63) is 29.8 Å². The van der Waals surface area contributed by atoms with E-state index in [9.17, 15) is 13.2 Å². The molecule has 0 spiro atoms. The molecule has 1 aromatic rings. The average Bonchev–Trinajstić information content (AvgIpc) is 2.66. The van der Waals surface area contributed by atoms with E-state index in [0.29, 0.717) is 5.69 Å². The van der Waals surface area contributed by atoms with Gasteiger partial charge in [-0.3, -0.25) is 0 Å². The molecule has 2 rings (SSSR count). The van der Waals surface area contributed by atoms with Gasteiger partial charge in [-0.25, -0.2) is 0 Å². The van der Waals surface area contributed by atoms with Gasteiger partial charge in [0.15, 0.2) is 0 Å². The van der Waals surface area contributed by atoms with Crippen LogP contribution in [0.25, 0.3) is 0 Å². The molecule has 0 saturated carbocycles. The molecule has 2 unspecified atom stereocenters. The van der Waals surface area contributed by atoms with E-state index in [-0.39, 0.29) is 5.71 Å². The third kappa shape index (κ3) is 3.59. The van der Waals surface area contributed by atoms with Crippen LogP contribution in [0.5, 0.6) is 0 Å². The Bertz CT molecular complexity index is 605. The van der Waals surface area contributed by atoms with Crippen LogP contribution in [-0.2, 0) is 10.9 Å². The van der Waals surface area contributed by atoms with Crippen LogP contribution in [0, 0.1) is 5.41 Å². The average molecular weight is 369 g/mol. The van der Waals surface area contributed by atoms with Crippen LogP contribution in [0.1, 0.15) is 26.3 Å². The molecule has 1 fully saturated rings. The van der Waals surface area contributed by atoms with E-state index in [1.54, 1.807) is 31.7 Å². The van der Waals surface area contributed by atoms with Crippen molar-refractivity contribution in [3.63, 3.8) is 0 Å². The molecule has 1 N–H and O–H groups in total. The van der Waals surface area contributed by atoms with Gasteiger partial charge < -0.3 is 15.0 Å². The van der Waals surface area contributed by atoms with Crippen molar-refractivity contribution in [2.45, 2.75) is 49.7 Å². The normalized spacial score (nSPS) is 24.3. The molecule has 1 saturated heterocycles. The summed E-state index contributed by atoms with van der Waals surface area (Å²) in [5.41, 5.74) is -1.37. The second-order valence-corrected chi connectivity index (χ2v) is 6.98. The van der Waals surface area contributed by atoms with E-state index >= 15 is 0 Å². The summed E-state index contributed by atoms with van der Waals surface area (Å²) in [6, 6.07) is 4.28. The Kier molecular flexibility index (Phi) is 4.91. The zero-order valence-electron chi connectivity index (χ0n) is 12.8. The number of alkyl halides is 5. The lowest BCUT2D eigenvalue weighted by molar-refractivity contribution is -0.137. The SMILES string of the molecule is CC1OC(C)(C)N(c2cccc(C(F)(F)F)c2)C1C(=N)C(Cl)Cl. The molecular formula is C15H17Cl2F3N2O. The number of hydrogen-bond donors (Lipinski definition) is 1. The highest BCUT2D eigenvalue weighted by Gasteiger charge is 2.48. The van der Waals surface area contributed by atoms with Crippen LogP contribution < -0.4 is 4.90 Å². The van der Waals surface area contributed by atoms with Crippen molar-refractivity contribution in [3.8, 4) is 0 Å². The smallest absolute Gasteiger partial charge is 0.351 e. The molecule has 2 atom stereocenters. The Morgan fingerprint density at radius 2 is 1.96 bits per heavy atom. The highest BCUT2D eigenvalue weighted by atomic mass is 35.5. The molecule has 8 heteroatoms. The maximum atomic E-state index is 13.0. The van der Waals surface area contributed by atoms with Crippen LogP contribution >= 0.6 is 23.2 Å². The highest BCUT2D eigenvalue weighted by molar-refractivity contribution is 6.54. The van der Waals surface area contributed by atoms with E-state index in [4.69, 9.17) is 33.3 Å². The minimum atomic E-state index is -4.45. The van der Waals surface area contributed by atoms with Crippen LogP contribution in [0.3, 0.4) is 0 Å². The molecule has 128 valence electrons.